The maximum atomic E-state index is 12.5. The Morgan fingerprint density at radius 3 is 2.86 bits per heavy atom. The smallest absolute Gasteiger partial charge is 0.333 e. The molecule has 0 saturated heterocycles. The van der Waals surface area contributed by atoms with Crippen LogP contribution in [0.5, 0.6) is 5.75 Å². The number of nitrogens with two attached hydrogens (primary N) is 1. The number of nitrogens with zero attached hydrogens (tertiary/aromatic N) is 3. The molecule has 28 heavy (non-hydrogen) atoms. The highest BCUT2D eigenvalue weighted by atomic mass is 16.4. The number of hydrogen-bond acceptors (Lipinski definition) is 6. The van der Waals surface area contributed by atoms with E-state index in [9.17, 15) is 19.8 Å². The van der Waals surface area contributed by atoms with Gasteiger partial charge in [0.2, 0.25) is 5.91 Å². The lowest BCUT2D eigenvalue weighted by molar-refractivity contribution is -0.133. The van der Waals surface area contributed by atoms with E-state index < -0.39 is 17.9 Å². The van der Waals surface area contributed by atoms with Crippen LogP contribution < -0.4 is 11.1 Å². The Kier molecular flexibility index (Phi) is 5.74. The molecular weight excluding hydrogens is 362 g/mol. The number of aromatic hydroxyl groups is 1. The van der Waals surface area contributed by atoms with Crippen molar-refractivity contribution in [3.8, 4) is 11.6 Å². The largest absolute Gasteiger partial charge is 0.506 e. The maximum Gasteiger partial charge on any atom is 0.333 e. The van der Waals surface area contributed by atoms with Gasteiger partial charge in [0.05, 0.1) is 24.0 Å². The monoisotopic (exact) mass is 385 g/mol. The highest BCUT2D eigenvalue weighted by Crippen LogP contribution is 2.27. The molecule has 0 saturated carbocycles. The van der Waals surface area contributed by atoms with Crippen LogP contribution in [0, 0.1) is 5.92 Å². The number of hydrogen-bond donors (Lipinski definition) is 4. The highest BCUT2D eigenvalue weighted by Gasteiger charge is 2.25. The molecule has 148 valence electrons. The first-order valence-electron chi connectivity index (χ1n) is 9.04. The van der Waals surface area contributed by atoms with Crippen LogP contribution in [0.15, 0.2) is 42.0 Å². The summed E-state index contributed by atoms with van der Waals surface area (Å²) in [5.41, 5.74) is 7.47. The van der Waals surface area contributed by atoms with Crippen molar-refractivity contribution < 1.29 is 19.8 Å². The van der Waals surface area contributed by atoms with Gasteiger partial charge < -0.3 is 21.3 Å². The highest BCUT2D eigenvalue weighted by molar-refractivity contribution is 5.90. The molecule has 9 heteroatoms. The van der Waals surface area contributed by atoms with Gasteiger partial charge in [0.25, 0.3) is 0 Å². The van der Waals surface area contributed by atoms with Gasteiger partial charge in [-0.25, -0.2) is 14.5 Å². The second-order valence-electron chi connectivity index (χ2n) is 7.08. The SMILES string of the molecule is C[C@@H]1CCC(C(=O)O)=C(NC(=O)C(N)Cc2cnn(-c3ccc(O)cn3)c2)C1. The predicted octanol–water partition coefficient (Wildman–Crippen LogP) is 1.12. The third-order valence-corrected chi connectivity index (χ3v) is 4.73. The zero-order valence-corrected chi connectivity index (χ0v) is 15.5. The molecule has 0 radical (unpaired) electrons. The molecule has 1 aliphatic carbocycles. The molecule has 1 amide bonds. The van der Waals surface area contributed by atoms with Crippen molar-refractivity contribution in [1.29, 1.82) is 0 Å². The molecule has 3 rings (SSSR count). The number of carboxylic acid groups (broad SMARTS) is 1. The summed E-state index contributed by atoms with van der Waals surface area (Å²) in [4.78, 5) is 27.9. The summed E-state index contributed by atoms with van der Waals surface area (Å²) in [7, 11) is 0. The van der Waals surface area contributed by atoms with Gasteiger partial charge in [-0.05, 0) is 49.3 Å². The predicted molar refractivity (Wildman–Crippen MR) is 101 cm³/mol. The van der Waals surface area contributed by atoms with Crippen LogP contribution >= 0.6 is 0 Å². The Labute approximate surface area is 161 Å². The van der Waals surface area contributed by atoms with E-state index in [4.69, 9.17) is 5.73 Å². The van der Waals surface area contributed by atoms with E-state index in [0.29, 0.717) is 30.3 Å². The number of carbonyl (C=O) groups excluding carboxylic acids is 1. The van der Waals surface area contributed by atoms with Crippen molar-refractivity contribution in [2.75, 3.05) is 0 Å². The van der Waals surface area contributed by atoms with Gasteiger partial charge in [-0.2, -0.15) is 5.10 Å². The molecule has 0 fully saturated rings. The zero-order valence-electron chi connectivity index (χ0n) is 15.5. The van der Waals surface area contributed by atoms with Crippen molar-refractivity contribution >= 4 is 11.9 Å². The van der Waals surface area contributed by atoms with Gasteiger partial charge in [-0.3, -0.25) is 4.79 Å². The second-order valence-corrected chi connectivity index (χ2v) is 7.08. The van der Waals surface area contributed by atoms with Crippen LogP contribution in [0.1, 0.15) is 31.7 Å². The average molecular weight is 385 g/mol. The summed E-state index contributed by atoms with van der Waals surface area (Å²) in [5, 5.41) is 25.5. The van der Waals surface area contributed by atoms with E-state index in [1.807, 2.05) is 6.92 Å². The van der Waals surface area contributed by atoms with Gasteiger partial charge >= 0.3 is 5.97 Å². The van der Waals surface area contributed by atoms with Crippen LogP contribution in [0.4, 0.5) is 0 Å². The Bertz CT molecular complexity index is 903. The quantitative estimate of drug-likeness (QED) is 0.583. The van der Waals surface area contributed by atoms with E-state index >= 15 is 0 Å². The standard InChI is InChI=1S/C19H23N5O4/c1-11-2-4-14(19(27)28)16(6-11)23-18(26)15(20)7-12-8-22-24(10-12)17-5-3-13(25)9-21-17/h3,5,8-11,15,25H,2,4,6-7,20H2,1H3,(H,23,26)(H,27,28)/t11-,15?/m1/s1. The van der Waals surface area contributed by atoms with Gasteiger partial charge in [0, 0.05) is 11.9 Å². The third-order valence-electron chi connectivity index (χ3n) is 4.73. The molecule has 0 aliphatic heterocycles. The van der Waals surface area contributed by atoms with Gasteiger partial charge in [0.15, 0.2) is 5.82 Å². The van der Waals surface area contributed by atoms with Gasteiger partial charge in [0.1, 0.15) is 5.75 Å². The second kappa shape index (κ2) is 8.22. The Morgan fingerprint density at radius 1 is 1.39 bits per heavy atom. The summed E-state index contributed by atoms with van der Waals surface area (Å²) in [6, 6.07) is 2.27. The molecule has 2 atom stereocenters. The summed E-state index contributed by atoms with van der Waals surface area (Å²) in [5.74, 6) is -0.529. The number of nitrogens with one attached hydrogen (secondary N) is 1. The van der Waals surface area contributed by atoms with E-state index in [1.54, 1.807) is 18.5 Å². The molecule has 1 aliphatic rings. The fourth-order valence-corrected chi connectivity index (χ4v) is 3.17. The first-order valence-corrected chi connectivity index (χ1v) is 9.04. The number of pyridine rings is 1. The number of aliphatic carboxylic acids is 1. The Morgan fingerprint density at radius 2 is 2.18 bits per heavy atom. The molecule has 1 unspecified atom stereocenters. The van der Waals surface area contributed by atoms with Gasteiger partial charge in [-0.15, -0.1) is 0 Å². The topological polar surface area (TPSA) is 143 Å². The Hall–Kier alpha value is -3.20. The van der Waals surface area contributed by atoms with E-state index in [2.05, 4.69) is 15.4 Å². The molecule has 0 aromatic carbocycles. The fraction of sp³-hybridized carbons (Fsp3) is 0.368. The minimum Gasteiger partial charge on any atom is -0.506 e. The van der Waals surface area contributed by atoms with Crippen molar-refractivity contribution in [1.82, 2.24) is 20.1 Å². The number of carboxylic acids is 1. The van der Waals surface area contributed by atoms with E-state index in [1.165, 1.54) is 16.9 Å². The summed E-state index contributed by atoms with van der Waals surface area (Å²) >= 11 is 0. The first kappa shape index (κ1) is 19.6. The van der Waals surface area contributed by atoms with Crippen LogP contribution in [0.2, 0.25) is 0 Å². The molecule has 2 aromatic rings. The summed E-state index contributed by atoms with van der Waals surface area (Å²) < 4.78 is 1.52. The minimum absolute atomic E-state index is 0.0573. The number of rotatable bonds is 6. The van der Waals surface area contributed by atoms with Crippen LogP contribution in [-0.4, -0.2) is 42.9 Å². The maximum absolute atomic E-state index is 12.5. The number of aromatic nitrogens is 3. The first-order chi connectivity index (χ1) is 13.3. The summed E-state index contributed by atoms with van der Waals surface area (Å²) in [6.45, 7) is 2.02. The molecule has 0 spiro atoms. The van der Waals surface area contributed by atoms with Crippen molar-refractivity contribution in [3.63, 3.8) is 0 Å². The third kappa shape index (κ3) is 4.55. The number of amides is 1. The van der Waals surface area contributed by atoms with Crippen molar-refractivity contribution in [2.45, 2.75) is 38.6 Å². The molecule has 2 aromatic heterocycles. The van der Waals surface area contributed by atoms with Crippen LogP contribution in [-0.2, 0) is 16.0 Å². The van der Waals surface area contributed by atoms with E-state index in [0.717, 1.165) is 12.0 Å². The molecule has 0 bridgehead atoms. The lowest BCUT2D eigenvalue weighted by atomic mass is 9.88. The lowest BCUT2D eigenvalue weighted by Gasteiger charge is -2.24. The lowest BCUT2D eigenvalue weighted by Crippen LogP contribution is -2.42. The van der Waals surface area contributed by atoms with Crippen molar-refractivity contribution in [3.05, 3.63) is 47.6 Å². The minimum atomic E-state index is -1.00. The van der Waals surface area contributed by atoms with Crippen molar-refractivity contribution in [2.24, 2.45) is 11.7 Å². The average Bonchev–Trinajstić information content (AvgIpc) is 3.10. The van der Waals surface area contributed by atoms with E-state index in [-0.39, 0.29) is 17.7 Å². The number of carbonyl (C=O) groups is 2. The number of allylic oxidation sites excluding steroid dienone is 1. The van der Waals surface area contributed by atoms with Crippen LogP contribution in [0.25, 0.3) is 5.82 Å². The Balaban J connectivity index is 1.66. The zero-order chi connectivity index (χ0) is 20.3. The molecule has 5 N–H and O–H groups in total. The normalized spacial score (nSPS) is 18.0. The molecular formula is C19H23N5O4. The van der Waals surface area contributed by atoms with Gasteiger partial charge in [-0.1, -0.05) is 6.92 Å². The summed E-state index contributed by atoms with van der Waals surface area (Å²) in [6.07, 6.45) is 6.60. The molecule has 9 nitrogen and oxygen atoms in total. The van der Waals surface area contributed by atoms with Crippen LogP contribution in [0.3, 0.4) is 0 Å². The fourth-order valence-electron chi connectivity index (χ4n) is 3.17. The molecule has 2 heterocycles.